The van der Waals surface area contributed by atoms with E-state index in [0.29, 0.717) is 6.04 Å². The highest BCUT2D eigenvalue weighted by molar-refractivity contribution is 7.09. The van der Waals surface area contributed by atoms with E-state index in [9.17, 15) is 0 Å². The number of nitrogens with zero attached hydrogens (tertiary/aromatic N) is 2. The van der Waals surface area contributed by atoms with Gasteiger partial charge >= 0.3 is 0 Å². The maximum absolute atomic E-state index is 4.39. The Morgan fingerprint density at radius 1 is 1.26 bits per heavy atom. The van der Waals surface area contributed by atoms with Crippen molar-refractivity contribution in [3.05, 3.63) is 22.4 Å². The van der Waals surface area contributed by atoms with Gasteiger partial charge in [-0.25, -0.2) is 0 Å². The third-order valence-electron chi connectivity index (χ3n) is 5.14. The van der Waals surface area contributed by atoms with Gasteiger partial charge in [-0.2, -0.15) is 0 Å². The van der Waals surface area contributed by atoms with Gasteiger partial charge in [-0.05, 0) is 56.1 Å². The molecule has 1 saturated heterocycles. The largest absolute Gasteiger partial charge is 0.356 e. The van der Waals surface area contributed by atoms with Crippen LogP contribution in [0, 0.1) is 5.92 Å². The Morgan fingerprint density at radius 3 is 2.70 bits per heavy atom. The molecule has 1 aromatic heterocycles. The molecule has 0 amide bonds. The molecule has 0 bridgehead atoms. The van der Waals surface area contributed by atoms with Crippen molar-refractivity contribution in [3.8, 4) is 0 Å². The molecule has 1 saturated carbocycles. The average molecular weight is 335 g/mol. The van der Waals surface area contributed by atoms with E-state index in [1.54, 1.807) is 0 Å². The Hall–Kier alpha value is -1.07. The van der Waals surface area contributed by atoms with E-state index in [-0.39, 0.29) is 0 Å². The molecule has 0 aromatic carbocycles. The van der Waals surface area contributed by atoms with Crippen LogP contribution in [0.2, 0.25) is 0 Å². The smallest absolute Gasteiger partial charge is 0.191 e. The molecule has 128 valence electrons. The van der Waals surface area contributed by atoms with Crippen molar-refractivity contribution >= 4 is 17.3 Å². The van der Waals surface area contributed by atoms with E-state index in [0.717, 1.165) is 25.0 Å². The second-order valence-electron chi connectivity index (χ2n) is 6.88. The van der Waals surface area contributed by atoms with Crippen molar-refractivity contribution in [1.29, 1.82) is 0 Å². The van der Waals surface area contributed by atoms with Gasteiger partial charge in [0.2, 0.25) is 0 Å². The predicted octanol–water partition coefficient (Wildman–Crippen LogP) is 3.07. The summed E-state index contributed by atoms with van der Waals surface area (Å²) in [5, 5.41) is 9.30. The molecule has 1 aliphatic carbocycles. The molecule has 2 fully saturated rings. The lowest BCUT2D eigenvalue weighted by Gasteiger charge is -2.32. The molecule has 3 rings (SSSR count). The van der Waals surface area contributed by atoms with Crippen molar-refractivity contribution in [1.82, 2.24) is 15.5 Å². The molecule has 4 nitrogen and oxygen atoms in total. The summed E-state index contributed by atoms with van der Waals surface area (Å²) >= 11 is 1.87. The van der Waals surface area contributed by atoms with Crippen molar-refractivity contribution in [2.24, 2.45) is 10.9 Å². The predicted molar refractivity (Wildman–Crippen MR) is 99.1 cm³/mol. The summed E-state index contributed by atoms with van der Waals surface area (Å²) in [6.07, 6.45) is 7.88. The monoisotopic (exact) mass is 334 g/mol. The fourth-order valence-corrected chi connectivity index (χ4v) is 4.42. The van der Waals surface area contributed by atoms with Gasteiger partial charge in [0, 0.05) is 31.1 Å². The Kier molecular flexibility index (Phi) is 6.34. The van der Waals surface area contributed by atoms with Gasteiger partial charge in [-0.1, -0.05) is 18.9 Å². The minimum absolute atomic E-state index is 0.633. The van der Waals surface area contributed by atoms with Gasteiger partial charge in [-0.15, -0.1) is 11.3 Å². The summed E-state index contributed by atoms with van der Waals surface area (Å²) in [6.45, 7) is 4.62. The summed E-state index contributed by atoms with van der Waals surface area (Å²) in [5.41, 5.74) is 0. The SMILES string of the molecule is CN=C(NCC1CCN(Cc2cccs2)CC1)NC1CCCC1. The number of hydrogen-bond donors (Lipinski definition) is 2. The van der Waals surface area contributed by atoms with E-state index >= 15 is 0 Å². The zero-order valence-corrected chi connectivity index (χ0v) is 15.1. The van der Waals surface area contributed by atoms with Gasteiger partial charge in [0.25, 0.3) is 0 Å². The second-order valence-corrected chi connectivity index (χ2v) is 7.91. The first kappa shape index (κ1) is 16.8. The van der Waals surface area contributed by atoms with E-state index in [1.165, 1.54) is 56.5 Å². The summed E-state index contributed by atoms with van der Waals surface area (Å²) in [4.78, 5) is 8.47. The van der Waals surface area contributed by atoms with Crippen molar-refractivity contribution in [2.75, 3.05) is 26.7 Å². The molecular weight excluding hydrogens is 304 g/mol. The van der Waals surface area contributed by atoms with E-state index in [2.05, 4.69) is 38.0 Å². The number of thiophene rings is 1. The summed E-state index contributed by atoms with van der Waals surface area (Å²) in [6, 6.07) is 5.03. The van der Waals surface area contributed by atoms with Crippen LogP contribution in [-0.2, 0) is 6.54 Å². The molecule has 0 radical (unpaired) electrons. The zero-order valence-electron chi connectivity index (χ0n) is 14.3. The number of likely N-dealkylation sites (tertiary alicyclic amines) is 1. The first-order valence-corrected chi connectivity index (χ1v) is 9.93. The Labute approximate surface area is 144 Å². The topological polar surface area (TPSA) is 39.7 Å². The third-order valence-corrected chi connectivity index (χ3v) is 6.01. The van der Waals surface area contributed by atoms with Crippen LogP contribution >= 0.6 is 11.3 Å². The van der Waals surface area contributed by atoms with Crippen LogP contribution in [0.25, 0.3) is 0 Å². The van der Waals surface area contributed by atoms with Crippen LogP contribution in [0.15, 0.2) is 22.5 Å². The molecular formula is C18H30N4S. The van der Waals surface area contributed by atoms with Gasteiger partial charge in [0.05, 0.1) is 0 Å². The van der Waals surface area contributed by atoms with Gasteiger partial charge < -0.3 is 10.6 Å². The number of piperidine rings is 1. The first-order chi connectivity index (χ1) is 11.3. The average Bonchev–Trinajstić information content (AvgIpc) is 3.26. The van der Waals surface area contributed by atoms with Crippen molar-refractivity contribution in [2.45, 2.75) is 51.1 Å². The number of rotatable bonds is 5. The lowest BCUT2D eigenvalue weighted by Crippen LogP contribution is -2.45. The number of hydrogen-bond acceptors (Lipinski definition) is 3. The van der Waals surface area contributed by atoms with Gasteiger partial charge in [0.15, 0.2) is 5.96 Å². The van der Waals surface area contributed by atoms with Gasteiger partial charge in [-0.3, -0.25) is 9.89 Å². The van der Waals surface area contributed by atoms with E-state index < -0.39 is 0 Å². The third kappa shape index (κ3) is 5.21. The molecule has 0 atom stereocenters. The molecule has 0 unspecified atom stereocenters. The van der Waals surface area contributed by atoms with Crippen LogP contribution in [-0.4, -0.2) is 43.6 Å². The summed E-state index contributed by atoms with van der Waals surface area (Å²) in [7, 11) is 1.88. The lowest BCUT2D eigenvalue weighted by molar-refractivity contribution is 0.179. The number of nitrogens with one attached hydrogen (secondary N) is 2. The molecule has 1 aromatic rings. The standard InChI is InChI=1S/C18H30N4S/c1-19-18(21-16-5-2-3-6-16)20-13-15-8-10-22(11-9-15)14-17-7-4-12-23-17/h4,7,12,15-16H,2-3,5-6,8-11,13-14H2,1H3,(H2,19,20,21). The summed E-state index contributed by atoms with van der Waals surface area (Å²) < 4.78 is 0. The summed E-state index contributed by atoms with van der Waals surface area (Å²) in [5.74, 6) is 1.77. The first-order valence-electron chi connectivity index (χ1n) is 9.05. The molecule has 2 aliphatic rings. The Morgan fingerprint density at radius 2 is 2.04 bits per heavy atom. The number of aliphatic imine (C=N–C) groups is 1. The van der Waals surface area contributed by atoms with Crippen LogP contribution < -0.4 is 10.6 Å². The molecule has 2 heterocycles. The Bertz CT molecular complexity index is 471. The minimum Gasteiger partial charge on any atom is -0.356 e. The van der Waals surface area contributed by atoms with Crippen molar-refractivity contribution < 1.29 is 0 Å². The van der Waals surface area contributed by atoms with Crippen LogP contribution in [0.4, 0.5) is 0 Å². The fourth-order valence-electron chi connectivity index (χ4n) is 3.67. The maximum Gasteiger partial charge on any atom is 0.191 e. The highest BCUT2D eigenvalue weighted by Gasteiger charge is 2.20. The molecule has 23 heavy (non-hydrogen) atoms. The highest BCUT2D eigenvalue weighted by Crippen LogP contribution is 2.20. The van der Waals surface area contributed by atoms with Crippen LogP contribution in [0.1, 0.15) is 43.4 Å². The van der Waals surface area contributed by atoms with Gasteiger partial charge in [0.1, 0.15) is 0 Å². The quantitative estimate of drug-likeness (QED) is 0.642. The molecule has 1 aliphatic heterocycles. The van der Waals surface area contributed by atoms with E-state index in [4.69, 9.17) is 0 Å². The van der Waals surface area contributed by atoms with Crippen LogP contribution in [0.5, 0.6) is 0 Å². The van der Waals surface area contributed by atoms with Crippen LogP contribution in [0.3, 0.4) is 0 Å². The normalized spacial score (nSPS) is 21.7. The Balaban J connectivity index is 1.35. The molecule has 5 heteroatoms. The molecule has 0 spiro atoms. The number of guanidine groups is 1. The maximum atomic E-state index is 4.39. The zero-order chi connectivity index (χ0) is 15.9. The minimum atomic E-state index is 0.633. The second kappa shape index (κ2) is 8.69. The molecule has 2 N–H and O–H groups in total. The van der Waals surface area contributed by atoms with Crippen molar-refractivity contribution in [3.63, 3.8) is 0 Å². The lowest BCUT2D eigenvalue weighted by atomic mass is 9.97. The fraction of sp³-hybridized carbons (Fsp3) is 0.722. The highest BCUT2D eigenvalue weighted by atomic mass is 32.1. The van der Waals surface area contributed by atoms with E-state index in [1.807, 2.05) is 18.4 Å².